The van der Waals surface area contributed by atoms with Gasteiger partial charge in [-0.15, -0.1) is 0 Å². The van der Waals surface area contributed by atoms with Gasteiger partial charge in [0.1, 0.15) is 0 Å². The fourth-order valence-electron chi connectivity index (χ4n) is 0.652. The third-order valence-corrected chi connectivity index (χ3v) is 15.3. The highest BCUT2D eigenvalue weighted by atomic mass is 36.1. The van der Waals surface area contributed by atoms with Crippen molar-refractivity contribution in [3.05, 3.63) is 0 Å². The number of hydrogen-bond acceptors (Lipinski definition) is 4. The van der Waals surface area contributed by atoms with E-state index >= 15 is 0 Å². The summed E-state index contributed by atoms with van der Waals surface area (Å²) in [6.07, 6.45) is 0. The predicted molar refractivity (Wildman–Crippen MR) is 115 cm³/mol. The molecule has 21 heavy (non-hydrogen) atoms. The molecule has 0 aromatic carbocycles. The first-order valence-corrected chi connectivity index (χ1v) is 23.1. The van der Waals surface area contributed by atoms with Crippen LogP contribution in [-0.4, -0.2) is 0 Å². The fourth-order valence-corrected chi connectivity index (χ4v) is 17.6. The molecule has 128 valence electrons. The summed E-state index contributed by atoms with van der Waals surface area (Å²) in [5, 5.41) is -13.8. The minimum atomic E-state index is -3.87. The van der Waals surface area contributed by atoms with Gasteiger partial charge in [0, 0.05) is 0 Å². The van der Waals surface area contributed by atoms with Crippen molar-refractivity contribution in [3.63, 3.8) is 0 Å². The zero-order valence-corrected chi connectivity index (χ0v) is 22.1. The maximum absolute atomic E-state index is 5.68. The molecule has 0 aromatic rings. The van der Waals surface area contributed by atoms with Gasteiger partial charge in [-0.1, -0.05) is 0 Å². The Bertz CT molecular complexity index is 451. The molecule has 0 amide bonds. The zero-order valence-electron chi connectivity index (χ0n) is 8.56. The van der Waals surface area contributed by atoms with Crippen molar-refractivity contribution < 1.29 is 0 Å². The maximum atomic E-state index is 5.68. The topological polar surface area (TPSA) is 49.4 Å². The molecule has 21 heteroatoms. The molecular weight excluding hydrogens is 636 g/mol. The van der Waals surface area contributed by atoms with E-state index in [-0.39, 0.29) is 0 Å². The number of nitrogens with zero attached hydrogens (tertiary/aromatic N) is 4. The molecule has 0 aliphatic carbocycles. The number of halogens is 12. The van der Waals surface area contributed by atoms with Gasteiger partial charge in [0.25, 0.3) is 20.4 Å². The number of hydrogen-bond donors (Lipinski definition) is 0. The highest BCUT2D eigenvalue weighted by molar-refractivity contribution is 8.32. The van der Waals surface area contributed by atoms with Gasteiger partial charge in [-0.2, -0.15) is 0 Å². The third kappa shape index (κ3) is 15.6. The summed E-state index contributed by atoms with van der Waals surface area (Å²) < 4.78 is 15.0. The van der Waals surface area contributed by atoms with Crippen LogP contribution in [0.4, 0.5) is 0 Å². The SMILES string of the molecule is ClP(Cl)(Cl)=N[P+](N=P(Cl)(Cl)Cl)(N=P(Cl)(Cl)Cl)N=P(Cl)(Cl)Cl. The molecule has 0 saturated carbocycles. The van der Waals surface area contributed by atoms with Crippen LogP contribution < -0.4 is 0 Å². The summed E-state index contributed by atoms with van der Waals surface area (Å²) >= 11 is 68.1. The minimum absolute atomic E-state index is 3.46. The van der Waals surface area contributed by atoms with Gasteiger partial charge in [0.15, 0.2) is 0 Å². The van der Waals surface area contributed by atoms with Gasteiger partial charge < -0.3 is 0 Å². The van der Waals surface area contributed by atoms with Gasteiger partial charge in [-0.05, 0) is 153 Å². The molecule has 0 radical (unpaired) electrons. The van der Waals surface area contributed by atoms with E-state index in [1.54, 1.807) is 0 Å². The lowest BCUT2D eigenvalue weighted by Crippen LogP contribution is -1.73. The van der Waals surface area contributed by atoms with E-state index in [2.05, 4.69) is 18.1 Å². The molecule has 4 nitrogen and oxygen atoms in total. The first-order valence-electron chi connectivity index (χ1n) is 3.63. The van der Waals surface area contributed by atoms with Gasteiger partial charge in [0.2, 0.25) is 0 Å². The summed E-state index contributed by atoms with van der Waals surface area (Å²) in [5.41, 5.74) is 0. The van der Waals surface area contributed by atoms with Crippen molar-refractivity contribution >= 4 is 163 Å². The molecule has 0 aromatic heterocycles. The molecule has 0 N–H and O–H groups in total. The van der Waals surface area contributed by atoms with E-state index in [9.17, 15) is 0 Å². The Morgan fingerprint density at radius 1 is 0.381 bits per heavy atom. The van der Waals surface area contributed by atoms with Crippen molar-refractivity contribution in [1.29, 1.82) is 0 Å². The smallest absolute Gasteiger partial charge is 0.0406 e. The summed E-state index contributed by atoms with van der Waals surface area (Å²) in [4.78, 5) is 0. The first kappa shape index (κ1) is 25.8. The first-order chi connectivity index (χ1) is 8.83. The Hall–Kier alpha value is 4.83. The second-order valence-electron chi connectivity index (χ2n) is 2.57. The van der Waals surface area contributed by atoms with E-state index in [0.29, 0.717) is 0 Å². The normalized spacial score (nSPS) is 14.7. The second-order valence-corrected chi connectivity index (χ2v) is 33.7. The lowest BCUT2D eigenvalue weighted by molar-refractivity contribution is 1.57. The molecule has 0 rings (SSSR count). The van der Waals surface area contributed by atoms with E-state index in [1.165, 1.54) is 0 Å². The van der Waals surface area contributed by atoms with Crippen molar-refractivity contribution in [1.82, 2.24) is 0 Å². The van der Waals surface area contributed by atoms with Crippen molar-refractivity contribution in [3.8, 4) is 0 Å². The molecule has 0 unspecified atom stereocenters. The lowest BCUT2D eigenvalue weighted by atomic mass is 13.7. The quantitative estimate of drug-likeness (QED) is 0.276. The van der Waals surface area contributed by atoms with Crippen molar-refractivity contribution in [2.24, 2.45) is 18.1 Å². The van der Waals surface area contributed by atoms with E-state index < -0.39 is 28.3 Å². The second kappa shape index (κ2) is 9.35. The minimum Gasteiger partial charge on any atom is -0.0406 e. The molecule has 0 aliphatic heterocycles. The summed E-state index contributed by atoms with van der Waals surface area (Å²) in [6, 6.07) is 0. The van der Waals surface area contributed by atoms with Crippen LogP contribution in [0.15, 0.2) is 18.1 Å². The van der Waals surface area contributed by atoms with Crippen LogP contribution in [0.5, 0.6) is 0 Å². The standard InChI is InChI=1S/Cl12N4P5/c1-17(2,3)13-21(14-18(4,5)6,15-19(7,8)9)16-20(10,11)12/q+1. The molecule has 0 saturated heterocycles. The van der Waals surface area contributed by atoms with Crippen molar-refractivity contribution in [2.45, 2.75) is 0 Å². The fraction of sp³-hybridized carbons (Fsp3) is 0. The van der Waals surface area contributed by atoms with Crippen LogP contribution in [-0.2, 0) is 0 Å². The lowest BCUT2D eigenvalue weighted by Gasteiger charge is -2.10. The Morgan fingerprint density at radius 3 is 0.619 bits per heavy atom. The largest absolute Gasteiger partial charge is 0.501 e. The molecule has 0 bridgehead atoms. The molecule has 0 heterocycles. The monoisotopic (exact) mass is 631 g/mol. The van der Waals surface area contributed by atoms with E-state index in [1.807, 2.05) is 0 Å². The van der Waals surface area contributed by atoms with Crippen LogP contribution in [0.3, 0.4) is 0 Å². The summed E-state index contributed by atoms with van der Waals surface area (Å²) in [7, 11) is -3.87. The van der Waals surface area contributed by atoms with Crippen LogP contribution >= 0.6 is 163 Å². The Balaban J connectivity index is 6.87. The average Bonchev–Trinajstić information content (AvgIpc) is 1.83. The maximum Gasteiger partial charge on any atom is 0.501 e. The highest BCUT2D eigenvalue weighted by Crippen LogP contribution is 2.91. The van der Waals surface area contributed by atoms with Crippen LogP contribution in [0.1, 0.15) is 0 Å². The predicted octanol–water partition coefficient (Wildman–Crippen LogP) is 13.3. The van der Waals surface area contributed by atoms with Crippen LogP contribution in [0.2, 0.25) is 0 Å². The van der Waals surface area contributed by atoms with Crippen LogP contribution in [0, 0.1) is 0 Å². The number of rotatable bonds is 4. The Labute approximate surface area is 179 Å². The summed E-state index contributed by atoms with van der Waals surface area (Å²) in [5.74, 6) is 0. The van der Waals surface area contributed by atoms with E-state index in [0.717, 1.165) is 0 Å². The zero-order chi connectivity index (χ0) is 17.3. The molecule has 0 aliphatic rings. The van der Waals surface area contributed by atoms with Crippen LogP contribution in [0.25, 0.3) is 0 Å². The van der Waals surface area contributed by atoms with Gasteiger partial charge >= 0.3 is 7.87 Å². The Morgan fingerprint density at radius 2 is 0.524 bits per heavy atom. The molecular formula is Cl12N4P5+. The molecule has 0 atom stereocenters. The highest BCUT2D eigenvalue weighted by Gasteiger charge is 2.49. The van der Waals surface area contributed by atoms with Gasteiger partial charge in [-0.3, -0.25) is 0 Å². The van der Waals surface area contributed by atoms with Crippen molar-refractivity contribution in [2.75, 3.05) is 0 Å². The Kier molecular flexibility index (Phi) is 11.5. The van der Waals surface area contributed by atoms with Gasteiger partial charge in [0.05, 0.1) is 0 Å². The average molecular weight is 636 g/mol. The molecule has 0 fully saturated rings. The van der Waals surface area contributed by atoms with Gasteiger partial charge in [-0.25, -0.2) is 0 Å². The molecule has 0 spiro atoms. The van der Waals surface area contributed by atoms with E-state index in [4.69, 9.17) is 135 Å². The third-order valence-electron chi connectivity index (χ3n) is 0.886. The summed E-state index contributed by atoms with van der Waals surface area (Å²) in [6.45, 7) is 0.